The van der Waals surface area contributed by atoms with Crippen molar-refractivity contribution < 1.29 is 42.9 Å². The molecule has 0 spiro atoms. The predicted molar refractivity (Wildman–Crippen MR) is 332 cm³/mol. The lowest BCUT2D eigenvalue weighted by atomic mass is 10.0. The zero-order chi connectivity index (χ0) is 56.9. The molecule has 0 aliphatic rings. The standard InChI is InChI=1S/C69H129NO8/c1-6-8-10-12-14-16-18-20-21-22-23-24-25-26-27-28-29-30-31-32-33-34-35-36-37-38-39-40-41-42-43-44-45-46-47-48-50-52-54-56-58-60-67(72)78-65(64-77-69(68(73)74)75-62-61-70(3,4)5)63-76-66(71)59-57-55-53-51-49-19-17-15-13-11-9-7-2/h18,20,22-23,25-26,65,69H,6-17,19,21,24,27-64H2,1-5H3/p+1/b20-18-,23-22-,26-25-. The largest absolute Gasteiger partial charge is 0.477 e. The van der Waals surface area contributed by atoms with Gasteiger partial charge in [0.15, 0.2) is 6.10 Å². The van der Waals surface area contributed by atoms with Crippen LogP contribution in [0.15, 0.2) is 36.5 Å². The lowest BCUT2D eigenvalue weighted by molar-refractivity contribution is -0.870. The number of quaternary nitrogens is 1. The van der Waals surface area contributed by atoms with Gasteiger partial charge in [-0.25, -0.2) is 4.79 Å². The highest BCUT2D eigenvalue weighted by Crippen LogP contribution is 2.18. The second-order valence-corrected chi connectivity index (χ2v) is 24.1. The minimum atomic E-state index is -1.50. The van der Waals surface area contributed by atoms with Crippen LogP contribution >= 0.6 is 0 Å². The van der Waals surface area contributed by atoms with E-state index in [0.29, 0.717) is 17.4 Å². The Hall–Kier alpha value is -2.49. The van der Waals surface area contributed by atoms with E-state index in [1.165, 1.54) is 250 Å². The van der Waals surface area contributed by atoms with Crippen molar-refractivity contribution in [3.63, 3.8) is 0 Å². The molecule has 1 N–H and O–H groups in total. The number of allylic oxidation sites excluding steroid dienone is 6. The number of carboxylic acids is 1. The van der Waals surface area contributed by atoms with E-state index in [2.05, 4.69) is 50.3 Å². The molecule has 0 saturated heterocycles. The highest BCUT2D eigenvalue weighted by Gasteiger charge is 2.25. The monoisotopic (exact) mass is 1100 g/mol. The van der Waals surface area contributed by atoms with Crippen LogP contribution in [0.3, 0.4) is 0 Å². The summed E-state index contributed by atoms with van der Waals surface area (Å²) >= 11 is 0. The molecule has 0 bridgehead atoms. The molecule has 0 aromatic heterocycles. The van der Waals surface area contributed by atoms with E-state index in [9.17, 15) is 19.5 Å². The minimum Gasteiger partial charge on any atom is -0.477 e. The fraction of sp³-hybridized carbons (Fsp3) is 0.870. The van der Waals surface area contributed by atoms with Crippen LogP contribution in [0.5, 0.6) is 0 Å². The number of carbonyl (C=O) groups is 3. The number of carbonyl (C=O) groups excluding carboxylic acids is 2. The molecule has 2 unspecified atom stereocenters. The van der Waals surface area contributed by atoms with Gasteiger partial charge in [0.05, 0.1) is 34.4 Å². The van der Waals surface area contributed by atoms with Gasteiger partial charge < -0.3 is 28.5 Å². The highest BCUT2D eigenvalue weighted by molar-refractivity contribution is 5.71. The van der Waals surface area contributed by atoms with Crippen molar-refractivity contribution in [3.05, 3.63) is 36.5 Å². The second kappa shape index (κ2) is 60.6. The third kappa shape index (κ3) is 61.1. The Bertz CT molecular complexity index is 1370. The maximum atomic E-state index is 12.9. The van der Waals surface area contributed by atoms with Gasteiger partial charge in [0.1, 0.15) is 13.2 Å². The Balaban J connectivity index is 3.87. The Morgan fingerprint density at radius 2 is 0.692 bits per heavy atom. The van der Waals surface area contributed by atoms with Crippen molar-refractivity contribution in [2.24, 2.45) is 0 Å². The third-order valence-corrected chi connectivity index (χ3v) is 15.1. The zero-order valence-electron chi connectivity index (χ0n) is 52.3. The maximum Gasteiger partial charge on any atom is 0.361 e. The first kappa shape index (κ1) is 75.5. The summed E-state index contributed by atoms with van der Waals surface area (Å²) in [5, 5.41) is 9.70. The van der Waals surface area contributed by atoms with Gasteiger partial charge in [-0.15, -0.1) is 0 Å². The average molecular weight is 1100 g/mol. The fourth-order valence-electron chi connectivity index (χ4n) is 9.97. The summed E-state index contributed by atoms with van der Waals surface area (Å²) in [7, 11) is 5.98. The number of rotatable bonds is 63. The zero-order valence-corrected chi connectivity index (χ0v) is 52.3. The molecule has 0 radical (unpaired) electrons. The molecule has 0 aliphatic heterocycles. The number of hydrogen-bond donors (Lipinski definition) is 1. The molecule has 2 atom stereocenters. The van der Waals surface area contributed by atoms with Gasteiger partial charge in [0, 0.05) is 12.8 Å². The summed E-state index contributed by atoms with van der Waals surface area (Å²) in [5.41, 5.74) is 0. The number of carboxylic acid groups (broad SMARTS) is 1. The van der Waals surface area contributed by atoms with E-state index in [1.807, 2.05) is 21.1 Å². The van der Waals surface area contributed by atoms with Crippen molar-refractivity contribution in [2.75, 3.05) is 47.5 Å². The molecule has 0 rings (SSSR count). The Labute approximate surface area is 483 Å². The van der Waals surface area contributed by atoms with Gasteiger partial charge in [-0.2, -0.15) is 0 Å². The van der Waals surface area contributed by atoms with Crippen LogP contribution in [0.25, 0.3) is 0 Å². The number of likely N-dealkylation sites (N-methyl/N-ethyl adjacent to an activating group) is 1. The Morgan fingerprint density at radius 1 is 0.385 bits per heavy atom. The molecule has 0 saturated carbocycles. The maximum absolute atomic E-state index is 12.9. The van der Waals surface area contributed by atoms with Crippen LogP contribution in [0.2, 0.25) is 0 Å². The third-order valence-electron chi connectivity index (χ3n) is 15.1. The number of ether oxygens (including phenoxy) is 4. The number of nitrogens with zero attached hydrogens (tertiary/aromatic N) is 1. The van der Waals surface area contributed by atoms with Crippen LogP contribution in [0, 0.1) is 0 Å². The Morgan fingerprint density at radius 3 is 1.03 bits per heavy atom. The highest BCUT2D eigenvalue weighted by atomic mass is 16.7. The van der Waals surface area contributed by atoms with E-state index < -0.39 is 18.4 Å². The van der Waals surface area contributed by atoms with E-state index in [1.54, 1.807) is 0 Å². The lowest BCUT2D eigenvalue weighted by Crippen LogP contribution is -2.40. The molecule has 78 heavy (non-hydrogen) atoms. The van der Waals surface area contributed by atoms with Gasteiger partial charge >= 0.3 is 17.9 Å². The quantitative estimate of drug-likeness (QED) is 0.0211. The van der Waals surface area contributed by atoms with Gasteiger partial charge in [-0.05, 0) is 51.4 Å². The van der Waals surface area contributed by atoms with Crippen LogP contribution < -0.4 is 0 Å². The first-order valence-electron chi connectivity index (χ1n) is 33.7. The SMILES string of the molecule is CCCCCCC/C=C\C/C=C\C/C=C\CCCCCCCCCCCCCCCCCCCCCCCCCCCCC(=O)OC(COC(=O)CCCCCCCCCCCCCC)COC(OCC[N+](C)(C)C)C(=O)O. The topological polar surface area (TPSA) is 108 Å². The second-order valence-electron chi connectivity index (χ2n) is 24.1. The van der Waals surface area contributed by atoms with Gasteiger partial charge in [0.25, 0.3) is 6.29 Å². The predicted octanol–water partition coefficient (Wildman–Crippen LogP) is 20.4. The van der Waals surface area contributed by atoms with Crippen molar-refractivity contribution >= 4 is 17.9 Å². The fourth-order valence-corrected chi connectivity index (χ4v) is 9.97. The average Bonchev–Trinajstić information content (AvgIpc) is 3.41. The summed E-state index contributed by atoms with van der Waals surface area (Å²) in [4.78, 5) is 37.4. The van der Waals surface area contributed by atoms with Crippen LogP contribution in [-0.2, 0) is 33.3 Å². The summed E-state index contributed by atoms with van der Waals surface area (Å²) in [6.45, 7) is 4.90. The summed E-state index contributed by atoms with van der Waals surface area (Å²) < 4.78 is 22.9. The van der Waals surface area contributed by atoms with Crippen LogP contribution in [-0.4, -0.2) is 87.4 Å². The van der Waals surface area contributed by atoms with E-state index >= 15 is 0 Å². The molecule has 0 fully saturated rings. The molecular formula is C69H130NO8+. The summed E-state index contributed by atoms with van der Waals surface area (Å²) in [5.74, 6) is -1.98. The molecule has 0 aliphatic carbocycles. The van der Waals surface area contributed by atoms with E-state index in [0.717, 1.165) is 51.4 Å². The van der Waals surface area contributed by atoms with Crippen LogP contribution in [0.4, 0.5) is 0 Å². The van der Waals surface area contributed by atoms with Gasteiger partial charge in [-0.3, -0.25) is 9.59 Å². The molecule has 9 nitrogen and oxygen atoms in total. The minimum absolute atomic E-state index is 0.175. The molecule has 0 heterocycles. The number of aliphatic carboxylic acids is 1. The first-order valence-corrected chi connectivity index (χ1v) is 33.7. The molecule has 9 heteroatoms. The van der Waals surface area contributed by atoms with Crippen molar-refractivity contribution in [2.45, 2.75) is 341 Å². The van der Waals surface area contributed by atoms with Crippen molar-refractivity contribution in [1.82, 2.24) is 0 Å². The lowest BCUT2D eigenvalue weighted by Gasteiger charge is -2.25. The molecular weight excluding hydrogens is 971 g/mol. The first-order chi connectivity index (χ1) is 38.1. The van der Waals surface area contributed by atoms with Crippen molar-refractivity contribution in [1.29, 1.82) is 0 Å². The van der Waals surface area contributed by atoms with Crippen molar-refractivity contribution in [3.8, 4) is 0 Å². The summed E-state index contributed by atoms with van der Waals surface area (Å²) in [6.07, 6.45) is 72.8. The number of esters is 2. The molecule has 0 aromatic carbocycles. The molecule has 0 aromatic rings. The van der Waals surface area contributed by atoms with Gasteiger partial charge in [0.2, 0.25) is 0 Å². The van der Waals surface area contributed by atoms with E-state index in [4.69, 9.17) is 18.9 Å². The summed E-state index contributed by atoms with van der Waals surface area (Å²) in [6, 6.07) is 0. The molecule has 458 valence electrons. The van der Waals surface area contributed by atoms with Gasteiger partial charge in [-0.1, -0.05) is 301 Å². The Kier molecular flexibility index (Phi) is 58.7. The smallest absolute Gasteiger partial charge is 0.361 e. The van der Waals surface area contributed by atoms with E-state index in [-0.39, 0.29) is 38.2 Å². The molecule has 0 amide bonds. The number of hydrogen-bond acceptors (Lipinski definition) is 7. The normalized spacial score (nSPS) is 12.9. The number of unbranched alkanes of at least 4 members (excludes halogenated alkanes) is 42. The van der Waals surface area contributed by atoms with Crippen LogP contribution in [0.1, 0.15) is 328 Å².